The van der Waals surface area contributed by atoms with E-state index in [1.807, 2.05) is 0 Å². The number of nitrogens with zero attached hydrogens (tertiary/aromatic N) is 3. The molecule has 7 nitrogen and oxygen atoms in total. The summed E-state index contributed by atoms with van der Waals surface area (Å²) in [6.45, 7) is 1.74. The van der Waals surface area contributed by atoms with E-state index in [1.165, 1.54) is 0 Å². The highest BCUT2D eigenvalue weighted by Gasteiger charge is 2.21. The number of hydrogen-bond donors (Lipinski definition) is 2. The topological polar surface area (TPSA) is 93.0 Å². The highest BCUT2D eigenvalue weighted by molar-refractivity contribution is 6.28. The maximum Gasteiger partial charge on any atom is 0.329 e. The average Bonchev–Trinajstić information content (AvgIpc) is 2.30. The summed E-state index contributed by atoms with van der Waals surface area (Å²) in [4.78, 5) is 17.8. The van der Waals surface area contributed by atoms with Crippen molar-refractivity contribution in [2.24, 2.45) is 0 Å². The summed E-state index contributed by atoms with van der Waals surface area (Å²) in [7, 11) is 0. The Bertz CT molecular complexity index is 422. The summed E-state index contributed by atoms with van der Waals surface area (Å²) >= 11 is 5.64. The third-order valence-electron chi connectivity index (χ3n) is 2.57. The molecule has 0 bridgehead atoms. The first-order chi connectivity index (χ1) is 8.16. The lowest BCUT2D eigenvalue weighted by molar-refractivity contribution is -0.384. The number of nitro groups is 1. The molecule has 2 heterocycles. The maximum atomic E-state index is 10.8. The Balaban J connectivity index is 2.17. The quantitative estimate of drug-likeness (QED) is 0.480. The standard InChI is InChI=1S/C9H12ClN5O2/c10-9-12-5-7(15(16)17)8(14-9)13-6-2-1-3-11-4-6/h5-6,11H,1-4H2,(H,12,13,14). The highest BCUT2D eigenvalue weighted by Crippen LogP contribution is 2.23. The van der Waals surface area contributed by atoms with Crippen LogP contribution in [0.2, 0.25) is 5.28 Å². The summed E-state index contributed by atoms with van der Waals surface area (Å²) in [5, 5.41) is 17.0. The van der Waals surface area contributed by atoms with Gasteiger partial charge >= 0.3 is 5.69 Å². The van der Waals surface area contributed by atoms with Crippen LogP contribution in [0.3, 0.4) is 0 Å². The number of nitrogens with one attached hydrogen (secondary N) is 2. The van der Waals surface area contributed by atoms with E-state index >= 15 is 0 Å². The molecule has 1 unspecified atom stereocenters. The van der Waals surface area contributed by atoms with Crippen LogP contribution in [0.5, 0.6) is 0 Å². The first-order valence-electron chi connectivity index (χ1n) is 5.31. The van der Waals surface area contributed by atoms with Crippen molar-refractivity contribution >= 4 is 23.1 Å². The predicted molar refractivity (Wildman–Crippen MR) is 63.2 cm³/mol. The molecule has 1 aliphatic heterocycles. The van der Waals surface area contributed by atoms with Gasteiger partial charge in [0.25, 0.3) is 0 Å². The van der Waals surface area contributed by atoms with Gasteiger partial charge in [-0.3, -0.25) is 10.1 Å². The Morgan fingerprint density at radius 2 is 2.47 bits per heavy atom. The molecule has 8 heteroatoms. The van der Waals surface area contributed by atoms with E-state index in [-0.39, 0.29) is 22.8 Å². The number of piperidine rings is 1. The van der Waals surface area contributed by atoms with Gasteiger partial charge < -0.3 is 10.6 Å². The number of rotatable bonds is 3. The van der Waals surface area contributed by atoms with Crippen molar-refractivity contribution in [3.63, 3.8) is 0 Å². The smallest absolute Gasteiger partial charge is 0.329 e. The molecule has 1 fully saturated rings. The van der Waals surface area contributed by atoms with Gasteiger partial charge in [0, 0.05) is 12.6 Å². The van der Waals surface area contributed by atoms with E-state index < -0.39 is 4.92 Å². The zero-order valence-electron chi connectivity index (χ0n) is 9.02. The van der Waals surface area contributed by atoms with E-state index in [0.29, 0.717) is 0 Å². The molecular formula is C9H12ClN5O2. The second kappa shape index (κ2) is 5.24. The lowest BCUT2D eigenvalue weighted by Crippen LogP contribution is -2.38. The van der Waals surface area contributed by atoms with Crippen molar-refractivity contribution in [2.75, 3.05) is 18.4 Å². The Hall–Kier alpha value is -1.47. The van der Waals surface area contributed by atoms with Crippen LogP contribution in [0.15, 0.2) is 6.20 Å². The Labute approximate surface area is 103 Å². The summed E-state index contributed by atoms with van der Waals surface area (Å²) in [5.74, 6) is 0.184. The number of aromatic nitrogens is 2. The van der Waals surface area contributed by atoms with Crippen molar-refractivity contribution in [3.8, 4) is 0 Å². The zero-order valence-corrected chi connectivity index (χ0v) is 9.78. The summed E-state index contributed by atoms with van der Waals surface area (Å²) < 4.78 is 0. The van der Waals surface area contributed by atoms with E-state index in [9.17, 15) is 10.1 Å². The highest BCUT2D eigenvalue weighted by atomic mass is 35.5. The lowest BCUT2D eigenvalue weighted by Gasteiger charge is -2.23. The molecule has 1 saturated heterocycles. The van der Waals surface area contributed by atoms with Gasteiger partial charge in [0.15, 0.2) is 0 Å². The summed E-state index contributed by atoms with van der Waals surface area (Å²) in [6.07, 6.45) is 3.10. The monoisotopic (exact) mass is 257 g/mol. The molecular weight excluding hydrogens is 246 g/mol. The van der Waals surface area contributed by atoms with E-state index in [4.69, 9.17) is 11.6 Å². The fourth-order valence-corrected chi connectivity index (χ4v) is 1.90. The van der Waals surface area contributed by atoms with Crippen LogP contribution in [0, 0.1) is 10.1 Å². The van der Waals surface area contributed by atoms with Gasteiger partial charge in [-0.15, -0.1) is 0 Å². The summed E-state index contributed by atoms with van der Waals surface area (Å²) in [5.41, 5.74) is -0.153. The van der Waals surface area contributed by atoms with Gasteiger partial charge in [-0.1, -0.05) is 0 Å². The normalized spacial score (nSPS) is 19.9. The van der Waals surface area contributed by atoms with E-state index in [2.05, 4.69) is 20.6 Å². The molecule has 2 rings (SSSR count). The lowest BCUT2D eigenvalue weighted by atomic mass is 10.1. The van der Waals surface area contributed by atoms with Crippen molar-refractivity contribution < 1.29 is 4.92 Å². The Kier molecular flexibility index (Phi) is 3.70. The molecule has 0 aliphatic carbocycles. The van der Waals surface area contributed by atoms with Crippen LogP contribution >= 0.6 is 11.6 Å². The van der Waals surface area contributed by atoms with Crippen molar-refractivity contribution in [3.05, 3.63) is 21.6 Å². The first-order valence-corrected chi connectivity index (χ1v) is 5.69. The minimum absolute atomic E-state index is 0.00173. The zero-order chi connectivity index (χ0) is 12.3. The average molecular weight is 258 g/mol. The summed E-state index contributed by atoms with van der Waals surface area (Å²) in [6, 6.07) is 0.133. The van der Waals surface area contributed by atoms with Crippen LogP contribution < -0.4 is 10.6 Å². The first kappa shape index (κ1) is 12.0. The molecule has 1 atom stereocenters. The molecule has 1 aliphatic rings. The fraction of sp³-hybridized carbons (Fsp3) is 0.556. The Morgan fingerprint density at radius 3 is 3.12 bits per heavy atom. The van der Waals surface area contributed by atoms with Crippen LogP contribution in [-0.2, 0) is 0 Å². The SMILES string of the molecule is O=[N+]([O-])c1cnc(Cl)nc1NC1CCCNC1. The molecule has 0 spiro atoms. The van der Waals surface area contributed by atoms with Crippen molar-refractivity contribution in [2.45, 2.75) is 18.9 Å². The molecule has 0 amide bonds. The Morgan fingerprint density at radius 1 is 1.65 bits per heavy atom. The van der Waals surface area contributed by atoms with Crippen molar-refractivity contribution in [1.29, 1.82) is 0 Å². The third-order valence-corrected chi connectivity index (χ3v) is 2.76. The number of hydrogen-bond acceptors (Lipinski definition) is 6. The molecule has 17 heavy (non-hydrogen) atoms. The van der Waals surface area contributed by atoms with Crippen LogP contribution in [0.4, 0.5) is 11.5 Å². The molecule has 0 aromatic carbocycles. The van der Waals surface area contributed by atoms with Crippen LogP contribution in [-0.4, -0.2) is 34.0 Å². The van der Waals surface area contributed by atoms with Gasteiger partial charge in [-0.25, -0.2) is 4.98 Å². The molecule has 92 valence electrons. The predicted octanol–water partition coefficient (Wildman–Crippen LogP) is 1.20. The fourth-order valence-electron chi connectivity index (χ4n) is 1.76. The molecule has 0 saturated carbocycles. The molecule has 2 N–H and O–H groups in total. The maximum absolute atomic E-state index is 10.8. The van der Waals surface area contributed by atoms with E-state index in [1.54, 1.807) is 0 Å². The second-order valence-corrected chi connectivity index (χ2v) is 4.16. The number of halogens is 1. The molecule has 1 aromatic rings. The van der Waals surface area contributed by atoms with Crippen molar-refractivity contribution in [1.82, 2.24) is 15.3 Å². The largest absolute Gasteiger partial charge is 0.360 e. The van der Waals surface area contributed by atoms with Gasteiger partial charge in [0.2, 0.25) is 11.1 Å². The van der Waals surface area contributed by atoms with Gasteiger partial charge in [0.1, 0.15) is 6.20 Å². The van der Waals surface area contributed by atoms with Gasteiger partial charge in [0.05, 0.1) is 4.92 Å². The van der Waals surface area contributed by atoms with Crippen LogP contribution in [0.25, 0.3) is 0 Å². The molecule has 1 aromatic heterocycles. The van der Waals surface area contributed by atoms with Crippen LogP contribution in [0.1, 0.15) is 12.8 Å². The minimum Gasteiger partial charge on any atom is -0.360 e. The molecule has 0 radical (unpaired) electrons. The number of anilines is 1. The second-order valence-electron chi connectivity index (χ2n) is 3.82. The minimum atomic E-state index is -0.519. The van der Waals surface area contributed by atoms with Gasteiger partial charge in [-0.2, -0.15) is 4.98 Å². The van der Waals surface area contributed by atoms with E-state index in [0.717, 1.165) is 32.1 Å². The third kappa shape index (κ3) is 3.01. The van der Waals surface area contributed by atoms with Gasteiger partial charge in [-0.05, 0) is 31.0 Å².